The van der Waals surface area contributed by atoms with Gasteiger partial charge < -0.3 is 0 Å². The summed E-state index contributed by atoms with van der Waals surface area (Å²) in [6, 6.07) is 29.4. The maximum absolute atomic E-state index is 5.65. The minimum absolute atomic E-state index is 0. The molecule has 0 bridgehead atoms. The molecule has 0 fully saturated rings. The Balaban J connectivity index is 0.000000242. The van der Waals surface area contributed by atoms with Gasteiger partial charge in [0, 0.05) is 6.20 Å². The molecule has 0 atom stereocenters. The second-order valence-corrected chi connectivity index (χ2v) is 10.4. The van der Waals surface area contributed by atoms with Crippen LogP contribution in [0.2, 0.25) is 0 Å². The molecule has 4 aromatic rings. The molecule has 0 saturated carbocycles. The molecule has 0 spiro atoms. The van der Waals surface area contributed by atoms with Crippen LogP contribution in [0, 0.1) is 12.6 Å². The van der Waals surface area contributed by atoms with Crippen LogP contribution in [0.15, 0.2) is 85.1 Å². The van der Waals surface area contributed by atoms with Gasteiger partial charge in [0.15, 0.2) is 0 Å². The van der Waals surface area contributed by atoms with Gasteiger partial charge in [-0.25, -0.2) is 6.08 Å². The summed E-state index contributed by atoms with van der Waals surface area (Å²) in [5, 5.41) is 0. The van der Waals surface area contributed by atoms with Crippen LogP contribution in [0.5, 0.6) is 0 Å². The van der Waals surface area contributed by atoms with Crippen LogP contribution in [0.25, 0.3) is 28.7 Å². The molecule has 0 aliphatic rings. The van der Waals surface area contributed by atoms with Crippen molar-refractivity contribution in [2.45, 2.75) is 52.4 Å². The van der Waals surface area contributed by atoms with Crippen molar-refractivity contribution in [2.75, 3.05) is 0 Å². The predicted molar refractivity (Wildman–Crippen MR) is 144 cm³/mol. The van der Waals surface area contributed by atoms with Crippen molar-refractivity contribution in [1.82, 2.24) is 9.97 Å². The van der Waals surface area contributed by atoms with E-state index in [0.29, 0.717) is 0 Å². The van der Waals surface area contributed by atoms with Crippen LogP contribution < -0.4 is 0 Å². The van der Waals surface area contributed by atoms with Gasteiger partial charge in [-0.05, 0) is 34.7 Å². The first-order valence-electron chi connectivity index (χ1n) is 11.6. The normalized spacial score (nSPS) is 11.0. The average molecular weight is 505 g/mol. The van der Waals surface area contributed by atoms with Crippen molar-refractivity contribution >= 4 is 6.08 Å². The predicted octanol–water partition coefficient (Wildman–Crippen LogP) is 8.34. The van der Waals surface area contributed by atoms with Gasteiger partial charge >= 0.3 is 16.5 Å². The number of hydrogen-bond acceptors (Lipinski definition) is 2. The molecule has 0 N–H and O–H groups in total. The molecule has 182 valence electrons. The first kappa shape index (κ1) is 28.2. The summed E-state index contributed by atoms with van der Waals surface area (Å²) in [7, 11) is 0. The second kappa shape index (κ2) is 12.1. The average Bonchev–Trinajstić information content (AvgIpc) is 2.84. The van der Waals surface area contributed by atoms with E-state index >= 15 is 0 Å². The summed E-state index contributed by atoms with van der Waals surface area (Å²) in [6.45, 7) is 19.0. The molecule has 2 aromatic carbocycles. The largest absolute Gasteiger partial charge is 2.00 e. The summed E-state index contributed by atoms with van der Waals surface area (Å²) in [4.78, 5) is 8.93. The number of benzene rings is 2. The molecule has 4 rings (SSSR count). The van der Waals surface area contributed by atoms with E-state index in [9.17, 15) is 0 Å². The summed E-state index contributed by atoms with van der Waals surface area (Å²) >= 11 is 0. The SMILES string of the molecule is [CH-]=Cc1cc(C(C)(C)C)cc(C(C)(C)C)c1.[Ni+2].[c-]1ccccc1-c1cccc(-c2ccccn2)n1. The molecular weight excluding hydrogens is 471 g/mol. The molecule has 0 unspecified atom stereocenters. The number of pyridine rings is 2. The molecule has 2 nitrogen and oxygen atoms in total. The molecule has 2 heterocycles. The van der Waals surface area contributed by atoms with Gasteiger partial charge in [-0.2, -0.15) is 5.56 Å². The van der Waals surface area contributed by atoms with E-state index in [0.717, 1.165) is 28.2 Å². The van der Waals surface area contributed by atoms with Gasteiger partial charge in [-0.1, -0.05) is 76.9 Å². The fourth-order valence-electron chi connectivity index (χ4n) is 3.41. The van der Waals surface area contributed by atoms with E-state index in [4.69, 9.17) is 6.58 Å². The van der Waals surface area contributed by atoms with E-state index in [1.807, 2.05) is 60.7 Å². The Kier molecular flexibility index (Phi) is 9.75. The molecule has 0 saturated heterocycles. The standard InChI is InChI=1S/C16H11N2.C16H23.Ni/c1-2-7-13(8-3-1)14-10-6-11-16(18-14)15-9-4-5-12-17-15;1-8-12-9-13(15(2,3)4)11-14(10-12)16(5,6)7;/h1-7,9-12H;1,8-11H,2-7H3;/q2*-1;+2. The van der Waals surface area contributed by atoms with E-state index in [-0.39, 0.29) is 27.3 Å². The molecule has 0 radical (unpaired) electrons. The van der Waals surface area contributed by atoms with Crippen LogP contribution in [-0.4, -0.2) is 9.97 Å². The van der Waals surface area contributed by atoms with Gasteiger partial charge in [0.25, 0.3) is 0 Å². The monoisotopic (exact) mass is 504 g/mol. The second-order valence-electron chi connectivity index (χ2n) is 10.4. The van der Waals surface area contributed by atoms with Crippen molar-refractivity contribution < 1.29 is 16.5 Å². The molecular formula is C32H34N2Ni. The Morgan fingerprint density at radius 1 is 0.714 bits per heavy atom. The van der Waals surface area contributed by atoms with E-state index < -0.39 is 0 Å². The summed E-state index contributed by atoms with van der Waals surface area (Å²) < 4.78 is 0. The maximum Gasteiger partial charge on any atom is 2.00 e. The van der Waals surface area contributed by atoms with Crippen molar-refractivity contribution in [3.05, 3.63) is 114 Å². The van der Waals surface area contributed by atoms with Crippen molar-refractivity contribution in [3.8, 4) is 22.6 Å². The minimum atomic E-state index is 0. The first-order valence-corrected chi connectivity index (χ1v) is 11.6. The number of nitrogens with zero attached hydrogens (tertiary/aromatic N) is 2. The smallest absolute Gasteiger partial charge is 0.295 e. The van der Waals surface area contributed by atoms with Crippen molar-refractivity contribution in [1.29, 1.82) is 0 Å². The zero-order valence-corrected chi connectivity index (χ0v) is 22.4. The Bertz CT molecular complexity index is 1130. The van der Waals surface area contributed by atoms with E-state index in [1.54, 1.807) is 12.3 Å². The molecule has 35 heavy (non-hydrogen) atoms. The molecule has 2 aromatic heterocycles. The van der Waals surface area contributed by atoms with Gasteiger partial charge in [0.2, 0.25) is 0 Å². The van der Waals surface area contributed by atoms with Gasteiger partial charge in [-0.3, -0.25) is 16.5 Å². The van der Waals surface area contributed by atoms with Gasteiger partial charge in [0.1, 0.15) is 0 Å². The number of aromatic nitrogens is 2. The number of hydrogen-bond donors (Lipinski definition) is 0. The van der Waals surface area contributed by atoms with E-state index in [1.165, 1.54) is 11.1 Å². The van der Waals surface area contributed by atoms with E-state index in [2.05, 4.69) is 75.8 Å². The quantitative estimate of drug-likeness (QED) is 0.207. The summed E-state index contributed by atoms with van der Waals surface area (Å²) in [6.07, 6.45) is 3.46. The molecule has 3 heteroatoms. The maximum atomic E-state index is 5.65. The zero-order valence-electron chi connectivity index (χ0n) is 21.4. The Morgan fingerprint density at radius 2 is 1.31 bits per heavy atom. The Labute approximate surface area is 221 Å². The number of rotatable bonds is 3. The van der Waals surface area contributed by atoms with Crippen molar-refractivity contribution in [3.63, 3.8) is 0 Å². The summed E-state index contributed by atoms with van der Waals surface area (Å²) in [5.74, 6) is 0. The fourth-order valence-corrected chi connectivity index (χ4v) is 3.41. The van der Waals surface area contributed by atoms with Crippen LogP contribution in [-0.2, 0) is 27.3 Å². The van der Waals surface area contributed by atoms with Gasteiger partial charge in [-0.15, -0.1) is 48.0 Å². The third-order valence-electron chi connectivity index (χ3n) is 5.54. The van der Waals surface area contributed by atoms with Gasteiger partial charge in [0.05, 0.1) is 11.4 Å². The zero-order chi connectivity index (χ0) is 24.8. The molecule has 0 aliphatic carbocycles. The minimum Gasteiger partial charge on any atom is -0.295 e. The third kappa shape index (κ3) is 8.01. The van der Waals surface area contributed by atoms with Crippen molar-refractivity contribution in [2.24, 2.45) is 0 Å². The topological polar surface area (TPSA) is 25.8 Å². The van der Waals surface area contributed by atoms with Crippen LogP contribution in [0.4, 0.5) is 0 Å². The van der Waals surface area contributed by atoms with Crippen LogP contribution >= 0.6 is 0 Å². The fraction of sp³-hybridized carbons (Fsp3) is 0.250. The molecule has 0 aliphatic heterocycles. The third-order valence-corrected chi connectivity index (χ3v) is 5.54. The Morgan fingerprint density at radius 3 is 1.83 bits per heavy atom. The Hall–Kier alpha value is -3.03. The van der Waals surface area contributed by atoms with Crippen LogP contribution in [0.3, 0.4) is 0 Å². The molecule has 0 amide bonds. The summed E-state index contributed by atoms with van der Waals surface area (Å²) in [5.41, 5.74) is 7.80. The first-order chi connectivity index (χ1) is 16.1. The van der Waals surface area contributed by atoms with Crippen LogP contribution in [0.1, 0.15) is 58.2 Å².